The Hall–Kier alpha value is -3.27. The van der Waals surface area contributed by atoms with Gasteiger partial charge in [-0.05, 0) is 55.3 Å². The van der Waals surface area contributed by atoms with Crippen molar-refractivity contribution in [2.75, 3.05) is 11.1 Å². The van der Waals surface area contributed by atoms with Crippen LogP contribution in [0.2, 0.25) is 0 Å². The van der Waals surface area contributed by atoms with Crippen LogP contribution in [0.1, 0.15) is 11.1 Å². The Labute approximate surface area is 163 Å². The molecule has 0 unspecified atom stereocenters. The normalized spacial score (nSPS) is 10.7. The largest absolute Gasteiger partial charge is 0.411 e. The van der Waals surface area contributed by atoms with Gasteiger partial charge in [0.25, 0.3) is 10.9 Å². The zero-order valence-corrected chi connectivity index (χ0v) is 15.7. The maximum absolute atomic E-state index is 13.0. The van der Waals surface area contributed by atoms with Crippen molar-refractivity contribution in [2.24, 2.45) is 0 Å². The van der Waals surface area contributed by atoms with Crippen molar-refractivity contribution in [1.29, 1.82) is 0 Å². The van der Waals surface area contributed by atoms with Crippen LogP contribution in [0.15, 0.2) is 46.0 Å². The number of rotatable bonds is 6. The third kappa shape index (κ3) is 4.52. The highest BCUT2D eigenvalue weighted by Gasteiger charge is 2.18. The number of nitrogens with one attached hydrogen (secondary N) is 1. The van der Waals surface area contributed by atoms with Gasteiger partial charge >= 0.3 is 0 Å². The molecule has 3 rings (SSSR count). The van der Waals surface area contributed by atoms with Crippen molar-refractivity contribution in [1.82, 2.24) is 10.2 Å². The van der Waals surface area contributed by atoms with E-state index < -0.39 is 10.8 Å². The van der Waals surface area contributed by atoms with Crippen molar-refractivity contribution in [2.45, 2.75) is 19.1 Å². The lowest BCUT2D eigenvalue weighted by molar-refractivity contribution is -0.384. The maximum atomic E-state index is 13.0. The van der Waals surface area contributed by atoms with Gasteiger partial charge in [0.05, 0.1) is 10.7 Å². The summed E-state index contributed by atoms with van der Waals surface area (Å²) in [7, 11) is 0. The van der Waals surface area contributed by atoms with Crippen LogP contribution in [0.3, 0.4) is 0 Å². The Morgan fingerprint density at radius 2 is 1.89 bits per heavy atom. The second-order valence-electron chi connectivity index (χ2n) is 5.93. The van der Waals surface area contributed by atoms with Crippen LogP contribution in [0, 0.1) is 29.8 Å². The summed E-state index contributed by atoms with van der Waals surface area (Å²) in [6, 6.07) is 8.54. The molecule has 0 radical (unpaired) electrons. The van der Waals surface area contributed by atoms with Gasteiger partial charge in [0.1, 0.15) is 11.5 Å². The molecule has 1 heterocycles. The van der Waals surface area contributed by atoms with E-state index in [-0.39, 0.29) is 34.1 Å². The first-order chi connectivity index (χ1) is 13.3. The van der Waals surface area contributed by atoms with Gasteiger partial charge in [-0.15, -0.1) is 10.2 Å². The van der Waals surface area contributed by atoms with Gasteiger partial charge in [-0.25, -0.2) is 4.39 Å². The molecule has 0 aliphatic rings. The molecule has 0 fully saturated rings. The first-order valence-electron chi connectivity index (χ1n) is 8.11. The molecule has 0 bridgehead atoms. The summed E-state index contributed by atoms with van der Waals surface area (Å²) in [4.78, 5) is 22.8. The SMILES string of the molecule is Cc1cc(NC(=O)CSc2nnc(-c3ccc(F)cc3)o2)c([N+](=O)[O-])cc1C. The van der Waals surface area contributed by atoms with E-state index >= 15 is 0 Å². The van der Waals surface area contributed by atoms with Gasteiger partial charge in [0.2, 0.25) is 11.8 Å². The number of anilines is 1. The van der Waals surface area contributed by atoms with Crippen molar-refractivity contribution in [3.05, 3.63) is 63.5 Å². The van der Waals surface area contributed by atoms with Crippen LogP contribution in [0.25, 0.3) is 11.5 Å². The molecule has 144 valence electrons. The first kappa shape index (κ1) is 19.5. The van der Waals surface area contributed by atoms with E-state index in [1.54, 1.807) is 19.9 Å². The fraction of sp³-hybridized carbons (Fsp3) is 0.167. The predicted octanol–water partition coefficient (Wildman–Crippen LogP) is 4.13. The second kappa shape index (κ2) is 8.17. The van der Waals surface area contributed by atoms with E-state index in [0.717, 1.165) is 22.9 Å². The Morgan fingerprint density at radius 3 is 2.57 bits per heavy atom. The summed E-state index contributed by atoms with van der Waals surface area (Å²) in [5.74, 6) is -0.699. The summed E-state index contributed by atoms with van der Waals surface area (Å²) in [6.45, 7) is 3.57. The van der Waals surface area contributed by atoms with Crippen LogP contribution in [-0.4, -0.2) is 26.8 Å². The molecule has 0 saturated carbocycles. The molecule has 1 aromatic heterocycles. The summed E-state index contributed by atoms with van der Waals surface area (Å²) >= 11 is 0.992. The van der Waals surface area contributed by atoms with Crippen LogP contribution < -0.4 is 5.32 Å². The molecular weight excluding hydrogens is 387 g/mol. The van der Waals surface area contributed by atoms with Gasteiger partial charge < -0.3 is 9.73 Å². The van der Waals surface area contributed by atoms with E-state index in [4.69, 9.17) is 4.42 Å². The van der Waals surface area contributed by atoms with Gasteiger partial charge in [0.15, 0.2) is 0 Å². The fourth-order valence-corrected chi connectivity index (χ4v) is 2.91. The van der Waals surface area contributed by atoms with Crippen LogP contribution in [-0.2, 0) is 4.79 Å². The first-order valence-corrected chi connectivity index (χ1v) is 9.10. The molecule has 8 nitrogen and oxygen atoms in total. The molecule has 0 aliphatic carbocycles. The zero-order chi connectivity index (χ0) is 20.3. The number of carbonyl (C=O) groups is 1. The van der Waals surface area contributed by atoms with Gasteiger partial charge in [0, 0.05) is 11.6 Å². The average molecular weight is 402 g/mol. The molecular formula is C18H15FN4O4S. The third-order valence-electron chi connectivity index (χ3n) is 3.91. The van der Waals surface area contributed by atoms with Crippen molar-refractivity contribution < 1.29 is 18.5 Å². The minimum absolute atomic E-state index is 0.0743. The summed E-state index contributed by atoms with van der Waals surface area (Å²) in [6.07, 6.45) is 0. The monoisotopic (exact) mass is 402 g/mol. The predicted molar refractivity (Wildman–Crippen MR) is 102 cm³/mol. The molecule has 0 saturated heterocycles. The number of nitro groups is 1. The Kier molecular flexibility index (Phi) is 5.69. The maximum Gasteiger partial charge on any atom is 0.293 e. The minimum Gasteiger partial charge on any atom is -0.411 e. The number of nitrogens with zero attached hydrogens (tertiary/aromatic N) is 3. The molecule has 0 atom stereocenters. The number of aromatic nitrogens is 2. The highest BCUT2D eigenvalue weighted by Crippen LogP contribution is 2.29. The van der Waals surface area contributed by atoms with Crippen molar-refractivity contribution in [3.63, 3.8) is 0 Å². The number of nitro benzene ring substituents is 1. The van der Waals surface area contributed by atoms with E-state index in [2.05, 4.69) is 15.5 Å². The molecule has 0 aliphatic heterocycles. The lowest BCUT2D eigenvalue weighted by Crippen LogP contribution is -2.15. The molecule has 28 heavy (non-hydrogen) atoms. The topological polar surface area (TPSA) is 111 Å². The number of amides is 1. The standard InChI is InChI=1S/C18H15FN4O4S/c1-10-7-14(15(23(25)26)8-11(10)2)20-16(24)9-28-18-22-21-17(27-18)12-3-5-13(19)6-4-12/h3-8H,9H2,1-2H3,(H,20,24). The highest BCUT2D eigenvalue weighted by atomic mass is 32.2. The van der Waals surface area contributed by atoms with E-state index in [9.17, 15) is 19.3 Å². The number of carbonyl (C=O) groups excluding carboxylic acids is 1. The number of halogens is 1. The Balaban J connectivity index is 1.65. The zero-order valence-electron chi connectivity index (χ0n) is 14.9. The van der Waals surface area contributed by atoms with E-state index in [0.29, 0.717) is 5.56 Å². The van der Waals surface area contributed by atoms with Crippen LogP contribution in [0.4, 0.5) is 15.8 Å². The quantitative estimate of drug-likeness (QED) is 0.375. The van der Waals surface area contributed by atoms with Gasteiger partial charge in [-0.2, -0.15) is 0 Å². The molecule has 2 aromatic carbocycles. The highest BCUT2D eigenvalue weighted by molar-refractivity contribution is 7.99. The number of aryl methyl sites for hydroxylation is 2. The Morgan fingerprint density at radius 1 is 1.21 bits per heavy atom. The van der Waals surface area contributed by atoms with Crippen LogP contribution in [0.5, 0.6) is 0 Å². The second-order valence-corrected chi connectivity index (χ2v) is 6.85. The van der Waals surface area contributed by atoms with E-state index in [1.807, 2.05) is 0 Å². The number of hydrogen-bond donors (Lipinski definition) is 1. The number of thioether (sulfide) groups is 1. The average Bonchev–Trinajstić information content (AvgIpc) is 3.12. The summed E-state index contributed by atoms with van der Waals surface area (Å²) in [5.41, 5.74) is 2.11. The van der Waals surface area contributed by atoms with Gasteiger partial charge in [-0.1, -0.05) is 11.8 Å². The summed E-state index contributed by atoms with van der Waals surface area (Å²) < 4.78 is 18.4. The lowest BCUT2D eigenvalue weighted by atomic mass is 10.1. The fourth-order valence-electron chi connectivity index (χ4n) is 2.34. The molecule has 10 heteroatoms. The third-order valence-corrected chi connectivity index (χ3v) is 4.73. The summed E-state index contributed by atoms with van der Waals surface area (Å²) in [5, 5.41) is 21.6. The van der Waals surface area contributed by atoms with E-state index in [1.165, 1.54) is 30.3 Å². The molecule has 3 aromatic rings. The molecule has 1 N–H and O–H groups in total. The lowest BCUT2D eigenvalue weighted by Gasteiger charge is -2.08. The number of hydrogen-bond acceptors (Lipinski definition) is 7. The van der Waals surface area contributed by atoms with Gasteiger partial charge in [-0.3, -0.25) is 14.9 Å². The van der Waals surface area contributed by atoms with Crippen LogP contribution >= 0.6 is 11.8 Å². The smallest absolute Gasteiger partial charge is 0.293 e. The minimum atomic E-state index is -0.540. The Bertz CT molecular complexity index is 1040. The number of benzene rings is 2. The van der Waals surface area contributed by atoms with Crippen molar-refractivity contribution in [3.8, 4) is 11.5 Å². The molecule has 0 spiro atoms. The van der Waals surface area contributed by atoms with Crippen molar-refractivity contribution >= 4 is 29.0 Å². The molecule has 1 amide bonds.